The van der Waals surface area contributed by atoms with E-state index in [2.05, 4.69) is 25.7 Å². The molecule has 0 fully saturated rings. The number of carbonyl (C=O) groups is 1. The molecule has 0 bridgehead atoms. The molecule has 1 heterocycles. The monoisotopic (exact) mass is 267 g/mol. The van der Waals surface area contributed by atoms with Gasteiger partial charge < -0.3 is 4.74 Å². The van der Waals surface area contributed by atoms with E-state index in [4.69, 9.17) is 11.6 Å². The first-order valence-electron chi connectivity index (χ1n) is 3.20. The molecular formula is C7H4BrClFNO2. The molecule has 0 aliphatic heterocycles. The van der Waals surface area contributed by atoms with E-state index in [0.717, 1.165) is 0 Å². The van der Waals surface area contributed by atoms with Crippen molar-refractivity contribution < 1.29 is 13.9 Å². The summed E-state index contributed by atoms with van der Waals surface area (Å²) in [7, 11) is 0. The Morgan fingerprint density at radius 1 is 1.77 bits per heavy atom. The van der Waals surface area contributed by atoms with Crippen molar-refractivity contribution in [2.75, 3.05) is 0 Å². The van der Waals surface area contributed by atoms with Crippen molar-refractivity contribution in [1.82, 2.24) is 4.98 Å². The third-order valence-corrected chi connectivity index (χ3v) is 2.27. The molecule has 1 rings (SSSR count). The number of hydrogen-bond acceptors (Lipinski definition) is 3. The zero-order chi connectivity index (χ0) is 9.84. The van der Waals surface area contributed by atoms with E-state index < -0.39 is 10.8 Å². The fourth-order valence-corrected chi connectivity index (χ4v) is 1.34. The molecule has 1 aromatic heterocycles. The zero-order valence-electron chi connectivity index (χ0n) is 6.21. The first-order valence-corrected chi connectivity index (χ1v) is 4.49. The minimum absolute atomic E-state index is 0.132. The molecule has 1 atom stereocenters. The Bertz CT molecular complexity index is 323. The Kier molecular flexibility index (Phi) is 3.62. The summed E-state index contributed by atoms with van der Waals surface area (Å²) in [5.41, 5.74) is 0.132. The van der Waals surface area contributed by atoms with Gasteiger partial charge in [0.05, 0.1) is 0 Å². The van der Waals surface area contributed by atoms with Crippen LogP contribution in [0.4, 0.5) is 4.39 Å². The molecular weight excluding hydrogens is 264 g/mol. The van der Waals surface area contributed by atoms with E-state index in [0.29, 0.717) is 0 Å². The lowest BCUT2D eigenvalue weighted by atomic mass is 10.3. The third kappa shape index (κ3) is 2.38. The van der Waals surface area contributed by atoms with Crippen molar-refractivity contribution in [3.05, 3.63) is 28.8 Å². The summed E-state index contributed by atoms with van der Waals surface area (Å²) in [5, 5.41) is -1.10. The molecule has 0 spiro atoms. The molecule has 0 aliphatic rings. The summed E-state index contributed by atoms with van der Waals surface area (Å²) in [5.74, 6) is -0.701. The molecule has 0 aliphatic carbocycles. The van der Waals surface area contributed by atoms with Crippen LogP contribution in [0.3, 0.4) is 0 Å². The smallest absolute Gasteiger partial charge is 0.294 e. The van der Waals surface area contributed by atoms with Gasteiger partial charge in [0.2, 0.25) is 0 Å². The number of nitrogens with zero attached hydrogens (tertiary/aromatic N) is 1. The number of hydrogen-bond donors (Lipinski definition) is 0. The summed E-state index contributed by atoms with van der Waals surface area (Å²) in [6, 6.07) is 1.37. The topological polar surface area (TPSA) is 39.2 Å². The highest BCUT2D eigenvalue weighted by Gasteiger charge is 2.15. The predicted molar refractivity (Wildman–Crippen MR) is 48.0 cm³/mol. The average molecular weight is 268 g/mol. The largest absolute Gasteiger partial charge is 0.448 e. The molecule has 0 radical (unpaired) electrons. The van der Waals surface area contributed by atoms with Gasteiger partial charge in [0, 0.05) is 11.8 Å². The maximum absolute atomic E-state index is 13.2. The second-order valence-electron chi connectivity index (χ2n) is 2.05. The minimum Gasteiger partial charge on any atom is -0.448 e. The lowest BCUT2D eigenvalue weighted by Crippen LogP contribution is -1.99. The predicted octanol–water partition coefficient (Wildman–Crippen LogP) is 2.44. The quantitative estimate of drug-likeness (QED) is 0.480. The third-order valence-electron chi connectivity index (χ3n) is 1.30. The van der Waals surface area contributed by atoms with Crippen LogP contribution >= 0.6 is 27.5 Å². The van der Waals surface area contributed by atoms with E-state index in [-0.39, 0.29) is 17.2 Å². The fourth-order valence-electron chi connectivity index (χ4n) is 0.729. The van der Waals surface area contributed by atoms with Crippen LogP contribution in [0.2, 0.25) is 5.15 Å². The van der Waals surface area contributed by atoms with Crippen LogP contribution in [0, 0.1) is 5.82 Å². The molecule has 0 saturated carbocycles. The second kappa shape index (κ2) is 4.53. The SMILES string of the molecule is O=COC(Br)c1ccnc(Cl)c1F. The van der Waals surface area contributed by atoms with Gasteiger partial charge in [-0.15, -0.1) is 0 Å². The summed E-state index contributed by atoms with van der Waals surface area (Å²) in [4.78, 5) is 13.5. The average Bonchev–Trinajstić information content (AvgIpc) is 2.10. The van der Waals surface area contributed by atoms with Gasteiger partial charge in [0.15, 0.2) is 16.0 Å². The van der Waals surface area contributed by atoms with Crippen molar-refractivity contribution in [1.29, 1.82) is 0 Å². The molecule has 3 nitrogen and oxygen atoms in total. The fraction of sp³-hybridized carbons (Fsp3) is 0.143. The Hall–Kier alpha value is -0.680. The summed E-state index contributed by atoms with van der Waals surface area (Å²) >= 11 is 8.36. The minimum atomic E-state index is -0.842. The second-order valence-corrected chi connectivity index (χ2v) is 3.24. The maximum Gasteiger partial charge on any atom is 0.294 e. The highest BCUT2D eigenvalue weighted by molar-refractivity contribution is 9.09. The highest BCUT2D eigenvalue weighted by Crippen LogP contribution is 2.27. The van der Waals surface area contributed by atoms with E-state index in [1.165, 1.54) is 12.3 Å². The molecule has 1 aromatic rings. The molecule has 0 saturated heterocycles. The Morgan fingerprint density at radius 3 is 3.08 bits per heavy atom. The normalized spacial score (nSPS) is 12.2. The van der Waals surface area contributed by atoms with Crippen LogP contribution in [-0.4, -0.2) is 11.5 Å². The van der Waals surface area contributed by atoms with Crippen molar-refractivity contribution >= 4 is 34.0 Å². The molecule has 6 heteroatoms. The van der Waals surface area contributed by atoms with Crippen molar-refractivity contribution in [3.8, 4) is 0 Å². The van der Waals surface area contributed by atoms with E-state index in [1.54, 1.807) is 0 Å². The van der Waals surface area contributed by atoms with Gasteiger partial charge in [0.25, 0.3) is 6.47 Å². The van der Waals surface area contributed by atoms with Gasteiger partial charge in [0.1, 0.15) is 0 Å². The van der Waals surface area contributed by atoms with Gasteiger partial charge in [-0.1, -0.05) is 11.6 Å². The maximum atomic E-state index is 13.2. The lowest BCUT2D eigenvalue weighted by molar-refractivity contribution is -0.130. The molecule has 70 valence electrons. The van der Waals surface area contributed by atoms with Crippen LogP contribution in [0.1, 0.15) is 10.6 Å². The van der Waals surface area contributed by atoms with Crippen LogP contribution < -0.4 is 0 Å². The Balaban J connectivity index is 3.00. The number of halogens is 3. The Labute approximate surface area is 87.0 Å². The summed E-state index contributed by atoms with van der Waals surface area (Å²) in [6.45, 7) is 0.215. The van der Waals surface area contributed by atoms with Crippen molar-refractivity contribution in [3.63, 3.8) is 0 Å². The van der Waals surface area contributed by atoms with Crippen LogP contribution in [0.15, 0.2) is 12.3 Å². The highest BCUT2D eigenvalue weighted by atomic mass is 79.9. The van der Waals surface area contributed by atoms with Crippen LogP contribution in [-0.2, 0) is 9.53 Å². The van der Waals surface area contributed by atoms with Gasteiger partial charge in [-0.3, -0.25) is 4.79 Å². The summed E-state index contributed by atoms with van der Waals surface area (Å²) in [6.07, 6.45) is 1.32. The van der Waals surface area contributed by atoms with Crippen molar-refractivity contribution in [2.24, 2.45) is 0 Å². The van der Waals surface area contributed by atoms with Crippen LogP contribution in [0.25, 0.3) is 0 Å². The number of pyridine rings is 1. The number of alkyl halides is 1. The van der Waals surface area contributed by atoms with Gasteiger partial charge >= 0.3 is 0 Å². The zero-order valence-corrected chi connectivity index (χ0v) is 8.55. The number of aromatic nitrogens is 1. The molecule has 0 N–H and O–H groups in total. The molecule has 0 aromatic carbocycles. The summed E-state index contributed by atoms with van der Waals surface area (Å²) < 4.78 is 17.6. The molecule has 1 unspecified atom stereocenters. The first kappa shape index (κ1) is 10.4. The molecule has 13 heavy (non-hydrogen) atoms. The van der Waals surface area contributed by atoms with Gasteiger partial charge in [-0.2, -0.15) is 0 Å². The number of carbonyl (C=O) groups excluding carboxylic acids is 1. The van der Waals surface area contributed by atoms with E-state index in [1.807, 2.05) is 0 Å². The van der Waals surface area contributed by atoms with E-state index >= 15 is 0 Å². The first-order chi connectivity index (χ1) is 6.16. The standard InChI is InChI=1S/C7H4BrClFNO2/c8-6(13-3-12)4-1-2-11-7(9)5(4)10/h1-3,6H. The lowest BCUT2D eigenvalue weighted by Gasteiger charge is -2.08. The number of ether oxygens (including phenoxy) is 1. The van der Waals surface area contributed by atoms with Gasteiger partial charge in [-0.05, 0) is 22.0 Å². The van der Waals surface area contributed by atoms with Crippen LogP contribution in [0.5, 0.6) is 0 Å². The van der Waals surface area contributed by atoms with E-state index in [9.17, 15) is 9.18 Å². The molecule has 0 amide bonds. The van der Waals surface area contributed by atoms with Gasteiger partial charge in [-0.25, -0.2) is 9.37 Å². The van der Waals surface area contributed by atoms with Crippen molar-refractivity contribution in [2.45, 2.75) is 5.01 Å². The number of rotatable bonds is 3. The Morgan fingerprint density at radius 2 is 2.46 bits per heavy atom.